The minimum Gasteiger partial charge on any atom is -0.309 e. The van der Waals surface area contributed by atoms with Crippen LogP contribution < -0.4 is 5.32 Å². The van der Waals surface area contributed by atoms with Gasteiger partial charge in [0.05, 0.1) is 5.75 Å². The monoisotopic (exact) mass is 297 g/mol. The molecule has 0 bridgehead atoms. The normalized spacial score (nSPS) is 13.8. The van der Waals surface area contributed by atoms with Crippen molar-refractivity contribution in [1.29, 1.82) is 0 Å². The molecule has 3 nitrogen and oxygen atoms in total. The third-order valence-electron chi connectivity index (χ3n) is 3.00. The molecule has 0 aliphatic heterocycles. The number of sulfone groups is 1. The van der Waals surface area contributed by atoms with E-state index in [4.69, 9.17) is 0 Å². The third-order valence-corrected chi connectivity index (χ3v) is 4.91. The molecule has 1 atom stereocenters. The first-order valence-electron chi connectivity index (χ1n) is 6.38. The summed E-state index contributed by atoms with van der Waals surface area (Å²) in [5, 5.41) is 6.58. The summed E-state index contributed by atoms with van der Waals surface area (Å²) in [4.78, 5) is 0. The van der Waals surface area contributed by atoms with Crippen LogP contribution in [0.5, 0.6) is 0 Å². The van der Waals surface area contributed by atoms with Gasteiger partial charge in [0.2, 0.25) is 0 Å². The van der Waals surface area contributed by atoms with E-state index in [1.165, 1.54) is 16.3 Å². The molecule has 0 saturated carbocycles. The fourth-order valence-corrected chi connectivity index (χ4v) is 4.04. The molecule has 0 fully saturated rings. The highest BCUT2D eigenvalue weighted by Crippen LogP contribution is 2.29. The number of thiophene rings is 1. The zero-order valence-corrected chi connectivity index (χ0v) is 12.9. The molecule has 104 valence electrons. The Labute approximate surface area is 118 Å². The zero-order valence-electron chi connectivity index (χ0n) is 11.2. The predicted octanol–water partition coefficient (Wildman–Crippen LogP) is 2.99. The molecule has 1 N–H and O–H groups in total. The molecular weight excluding hydrogens is 278 g/mol. The molecule has 0 aliphatic rings. The summed E-state index contributed by atoms with van der Waals surface area (Å²) in [6.07, 6.45) is 2.28. The maximum Gasteiger partial charge on any atom is 0.149 e. The number of rotatable bonds is 6. The van der Waals surface area contributed by atoms with Gasteiger partial charge in [0.25, 0.3) is 0 Å². The SMILES string of the molecule is CCCNC(CS(C)(=O)=O)c1cccc2ccsc12. The van der Waals surface area contributed by atoms with Crippen LogP contribution in [0.2, 0.25) is 0 Å². The van der Waals surface area contributed by atoms with Gasteiger partial charge in [-0.25, -0.2) is 8.42 Å². The molecule has 0 saturated heterocycles. The first kappa shape index (κ1) is 14.5. The summed E-state index contributed by atoms with van der Waals surface area (Å²) in [7, 11) is -3.01. The Morgan fingerprint density at radius 3 is 2.79 bits per heavy atom. The maximum absolute atomic E-state index is 11.6. The van der Waals surface area contributed by atoms with Crippen LogP contribution in [0.3, 0.4) is 0 Å². The van der Waals surface area contributed by atoms with Gasteiger partial charge in [-0.2, -0.15) is 0 Å². The lowest BCUT2D eigenvalue weighted by atomic mass is 10.1. The van der Waals surface area contributed by atoms with E-state index in [0.717, 1.165) is 18.5 Å². The van der Waals surface area contributed by atoms with Gasteiger partial charge in [-0.1, -0.05) is 25.1 Å². The second-order valence-corrected chi connectivity index (χ2v) is 7.89. The van der Waals surface area contributed by atoms with E-state index >= 15 is 0 Å². The molecule has 5 heteroatoms. The van der Waals surface area contributed by atoms with Crippen LogP contribution in [0.1, 0.15) is 24.9 Å². The first-order chi connectivity index (χ1) is 9.01. The van der Waals surface area contributed by atoms with E-state index in [-0.39, 0.29) is 11.8 Å². The van der Waals surface area contributed by atoms with Crippen LogP contribution in [-0.2, 0) is 9.84 Å². The molecule has 1 heterocycles. The summed E-state index contributed by atoms with van der Waals surface area (Å²) in [5.74, 6) is 0.143. The minimum absolute atomic E-state index is 0.128. The van der Waals surface area contributed by atoms with Crippen molar-refractivity contribution in [2.24, 2.45) is 0 Å². The Bertz CT molecular complexity index is 646. The number of hydrogen-bond donors (Lipinski definition) is 1. The van der Waals surface area contributed by atoms with Gasteiger partial charge in [-0.15, -0.1) is 11.3 Å². The molecule has 0 aliphatic carbocycles. The first-order valence-corrected chi connectivity index (χ1v) is 9.32. The lowest BCUT2D eigenvalue weighted by Crippen LogP contribution is -2.28. The van der Waals surface area contributed by atoms with Gasteiger partial charge in [0.1, 0.15) is 9.84 Å². The summed E-state index contributed by atoms with van der Waals surface area (Å²) in [6.45, 7) is 2.90. The fourth-order valence-electron chi connectivity index (χ4n) is 2.17. The Morgan fingerprint density at radius 2 is 2.11 bits per heavy atom. The molecule has 1 unspecified atom stereocenters. The van der Waals surface area contributed by atoms with E-state index in [1.54, 1.807) is 11.3 Å². The lowest BCUT2D eigenvalue weighted by molar-refractivity contribution is 0.552. The van der Waals surface area contributed by atoms with Gasteiger partial charge < -0.3 is 5.32 Å². The standard InChI is InChI=1S/C14H19NO2S2/c1-3-8-15-13(10-19(2,16)17)12-6-4-5-11-7-9-18-14(11)12/h4-7,9,13,15H,3,8,10H2,1-2H3. The highest BCUT2D eigenvalue weighted by molar-refractivity contribution is 7.90. The number of nitrogens with one attached hydrogen (secondary N) is 1. The van der Waals surface area contributed by atoms with Crippen molar-refractivity contribution in [2.75, 3.05) is 18.6 Å². The second-order valence-electron chi connectivity index (χ2n) is 4.79. The molecule has 1 aromatic carbocycles. The van der Waals surface area contributed by atoms with Crippen LogP contribution in [0, 0.1) is 0 Å². The Balaban J connectivity index is 2.38. The highest BCUT2D eigenvalue weighted by Gasteiger charge is 2.19. The third kappa shape index (κ3) is 3.78. The van der Waals surface area contributed by atoms with Crippen molar-refractivity contribution < 1.29 is 8.42 Å². The van der Waals surface area contributed by atoms with Crippen LogP contribution in [0.15, 0.2) is 29.6 Å². The molecule has 19 heavy (non-hydrogen) atoms. The Hall–Kier alpha value is -0.910. The fraction of sp³-hybridized carbons (Fsp3) is 0.429. The predicted molar refractivity (Wildman–Crippen MR) is 82.6 cm³/mol. The molecule has 0 amide bonds. The molecule has 0 radical (unpaired) electrons. The summed E-state index contributed by atoms with van der Waals surface area (Å²) in [6, 6.07) is 8.02. The topological polar surface area (TPSA) is 46.2 Å². The Morgan fingerprint density at radius 1 is 1.32 bits per heavy atom. The molecule has 1 aromatic heterocycles. The van der Waals surface area contributed by atoms with Gasteiger partial charge >= 0.3 is 0 Å². The van der Waals surface area contributed by atoms with Crippen molar-refractivity contribution in [1.82, 2.24) is 5.32 Å². The number of benzene rings is 1. The average Bonchev–Trinajstić information content (AvgIpc) is 2.81. The van der Waals surface area contributed by atoms with Gasteiger partial charge in [-0.05, 0) is 35.4 Å². The zero-order chi connectivity index (χ0) is 13.9. The van der Waals surface area contributed by atoms with Gasteiger partial charge in [-0.3, -0.25) is 0 Å². The van der Waals surface area contributed by atoms with Crippen LogP contribution >= 0.6 is 11.3 Å². The van der Waals surface area contributed by atoms with E-state index in [9.17, 15) is 8.42 Å². The molecule has 2 rings (SSSR count). The van der Waals surface area contributed by atoms with Crippen LogP contribution in [0.25, 0.3) is 10.1 Å². The van der Waals surface area contributed by atoms with E-state index in [2.05, 4.69) is 24.4 Å². The molecule has 2 aromatic rings. The second kappa shape index (κ2) is 6.03. The number of hydrogen-bond acceptors (Lipinski definition) is 4. The van der Waals surface area contributed by atoms with E-state index < -0.39 is 9.84 Å². The largest absolute Gasteiger partial charge is 0.309 e. The molecule has 0 spiro atoms. The van der Waals surface area contributed by atoms with Crippen molar-refractivity contribution >= 4 is 31.3 Å². The van der Waals surface area contributed by atoms with Crippen LogP contribution in [0.4, 0.5) is 0 Å². The van der Waals surface area contributed by atoms with Crippen molar-refractivity contribution in [2.45, 2.75) is 19.4 Å². The van der Waals surface area contributed by atoms with E-state index in [1.807, 2.05) is 17.5 Å². The summed E-state index contributed by atoms with van der Waals surface area (Å²) >= 11 is 1.67. The van der Waals surface area contributed by atoms with Crippen molar-refractivity contribution in [3.63, 3.8) is 0 Å². The minimum atomic E-state index is -3.01. The summed E-state index contributed by atoms with van der Waals surface area (Å²) in [5.41, 5.74) is 1.09. The van der Waals surface area contributed by atoms with E-state index in [0.29, 0.717) is 0 Å². The maximum atomic E-state index is 11.6. The van der Waals surface area contributed by atoms with Gasteiger partial charge in [0, 0.05) is 17.0 Å². The average molecular weight is 297 g/mol. The Kier molecular flexibility index (Phi) is 4.60. The van der Waals surface area contributed by atoms with Crippen LogP contribution in [-0.4, -0.2) is 27.0 Å². The molecular formula is C14H19NO2S2. The van der Waals surface area contributed by atoms with Gasteiger partial charge in [0.15, 0.2) is 0 Å². The van der Waals surface area contributed by atoms with Crippen molar-refractivity contribution in [3.8, 4) is 0 Å². The summed E-state index contributed by atoms with van der Waals surface area (Å²) < 4.78 is 24.4. The number of fused-ring (bicyclic) bond motifs is 1. The lowest BCUT2D eigenvalue weighted by Gasteiger charge is -2.18. The highest BCUT2D eigenvalue weighted by atomic mass is 32.2. The van der Waals surface area contributed by atoms with Crippen molar-refractivity contribution in [3.05, 3.63) is 35.2 Å². The quantitative estimate of drug-likeness (QED) is 0.891. The smallest absolute Gasteiger partial charge is 0.149 e.